The van der Waals surface area contributed by atoms with Crippen LogP contribution in [0.25, 0.3) is 0 Å². The molecule has 0 spiro atoms. The molecular weight excluding hydrogens is 304 g/mol. The van der Waals surface area contributed by atoms with E-state index < -0.39 is 10.8 Å². The molecule has 1 amide bonds. The molecule has 1 aliphatic rings. The van der Waals surface area contributed by atoms with E-state index in [0.29, 0.717) is 41.9 Å². The maximum absolute atomic E-state index is 12.2. The highest BCUT2D eigenvalue weighted by Crippen LogP contribution is 2.31. The zero-order valence-corrected chi connectivity index (χ0v) is 13.5. The Labute approximate surface area is 133 Å². The van der Waals surface area contributed by atoms with Crippen LogP contribution in [0.3, 0.4) is 0 Å². The predicted octanol–water partition coefficient (Wildman–Crippen LogP) is 0.681. The van der Waals surface area contributed by atoms with Crippen LogP contribution in [0, 0.1) is 0 Å². The highest BCUT2D eigenvalue weighted by atomic mass is 32.2. The first-order chi connectivity index (χ1) is 10.7. The summed E-state index contributed by atoms with van der Waals surface area (Å²) in [5.41, 5.74) is 0. The molecule has 1 aromatic rings. The van der Waals surface area contributed by atoms with Crippen LogP contribution in [0.15, 0.2) is 23.1 Å². The molecule has 0 radical (unpaired) electrons. The van der Waals surface area contributed by atoms with Crippen LogP contribution in [0.5, 0.6) is 11.5 Å². The van der Waals surface area contributed by atoms with Crippen LogP contribution in [0.2, 0.25) is 0 Å². The van der Waals surface area contributed by atoms with Gasteiger partial charge in [-0.3, -0.25) is 9.00 Å². The summed E-state index contributed by atoms with van der Waals surface area (Å²) in [5, 5.41) is 5.92. The fourth-order valence-corrected chi connectivity index (χ4v) is 3.09. The lowest BCUT2D eigenvalue weighted by Gasteiger charge is -2.18. The van der Waals surface area contributed by atoms with Gasteiger partial charge in [0.2, 0.25) is 5.91 Å². The average molecular weight is 326 g/mol. The standard InChI is InChI=1S/C15H22N2O4S/c1-2-16-6-7-17-15(18)5-10-22(19)12-3-4-13-14(11-12)21-9-8-20-13/h3-4,11,16H,2,5-10H2,1H3,(H,17,18). The fourth-order valence-electron chi connectivity index (χ4n) is 2.02. The summed E-state index contributed by atoms with van der Waals surface area (Å²) in [5.74, 6) is 1.51. The Kier molecular flexibility index (Phi) is 6.67. The van der Waals surface area contributed by atoms with Crippen molar-refractivity contribution in [3.05, 3.63) is 18.2 Å². The molecule has 1 aromatic carbocycles. The van der Waals surface area contributed by atoms with Crippen LogP contribution < -0.4 is 20.1 Å². The first kappa shape index (κ1) is 16.8. The second-order valence-electron chi connectivity index (χ2n) is 4.81. The smallest absolute Gasteiger partial charge is 0.220 e. The Morgan fingerprint density at radius 3 is 2.77 bits per heavy atom. The minimum absolute atomic E-state index is 0.0798. The molecule has 2 N–H and O–H groups in total. The van der Waals surface area contributed by atoms with Crippen molar-refractivity contribution < 1.29 is 18.5 Å². The molecule has 0 saturated heterocycles. The number of ether oxygens (including phenoxy) is 2. The molecule has 7 heteroatoms. The molecule has 0 aliphatic carbocycles. The number of hydrogen-bond acceptors (Lipinski definition) is 5. The van der Waals surface area contributed by atoms with Gasteiger partial charge in [0, 0.05) is 36.2 Å². The van der Waals surface area contributed by atoms with E-state index >= 15 is 0 Å². The molecule has 122 valence electrons. The largest absolute Gasteiger partial charge is 0.486 e. The number of hydrogen-bond donors (Lipinski definition) is 2. The molecule has 0 bridgehead atoms. The number of nitrogens with one attached hydrogen (secondary N) is 2. The number of benzene rings is 1. The van der Waals surface area contributed by atoms with Crippen molar-refractivity contribution in [3.63, 3.8) is 0 Å². The van der Waals surface area contributed by atoms with Crippen LogP contribution in [-0.4, -0.2) is 48.7 Å². The van der Waals surface area contributed by atoms with Gasteiger partial charge >= 0.3 is 0 Å². The zero-order valence-electron chi connectivity index (χ0n) is 12.7. The molecular formula is C15H22N2O4S. The average Bonchev–Trinajstić information content (AvgIpc) is 2.56. The number of likely N-dealkylation sites (N-methyl/N-ethyl adjacent to an activating group) is 1. The summed E-state index contributed by atoms with van der Waals surface area (Å²) in [6.45, 7) is 5.25. The highest BCUT2D eigenvalue weighted by molar-refractivity contribution is 7.85. The van der Waals surface area contributed by atoms with Crippen molar-refractivity contribution in [2.75, 3.05) is 38.6 Å². The topological polar surface area (TPSA) is 76.7 Å². The van der Waals surface area contributed by atoms with Crippen LogP contribution in [0.4, 0.5) is 0 Å². The van der Waals surface area contributed by atoms with Gasteiger partial charge in [-0.15, -0.1) is 0 Å². The molecule has 6 nitrogen and oxygen atoms in total. The maximum atomic E-state index is 12.2. The van der Waals surface area contributed by atoms with E-state index in [9.17, 15) is 9.00 Å². The SMILES string of the molecule is CCNCCNC(=O)CCS(=O)c1ccc2c(c1)OCCO2. The molecule has 1 heterocycles. The Morgan fingerprint density at radius 2 is 2.00 bits per heavy atom. The molecule has 1 atom stereocenters. The van der Waals surface area contributed by atoms with Gasteiger partial charge < -0.3 is 20.1 Å². The van der Waals surface area contributed by atoms with Crippen LogP contribution in [-0.2, 0) is 15.6 Å². The minimum atomic E-state index is -1.22. The quantitative estimate of drug-likeness (QED) is 0.687. The van der Waals surface area contributed by atoms with E-state index in [1.165, 1.54) is 0 Å². The second kappa shape index (κ2) is 8.75. The van der Waals surface area contributed by atoms with Gasteiger partial charge in [0.05, 0.1) is 10.8 Å². The Morgan fingerprint density at radius 1 is 1.23 bits per heavy atom. The summed E-state index contributed by atoms with van der Waals surface area (Å²) in [4.78, 5) is 12.3. The van der Waals surface area contributed by atoms with Crippen LogP contribution in [0.1, 0.15) is 13.3 Å². The highest BCUT2D eigenvalue weighted by Gasteiger charge is 2.15. The second-order valence-corrected chi connectivity index (χ2v) is 6.38. The van der Waals surface area contributed by atoms with E-state index in [2.05, 4.69) is 10.6 Å². The van der Waals surface area contributed by atoms with E-state index in [1.54, 1.807) is 18.2 Å². The number of carbonyl (C=O) groups excluding carboxylic acids is 1. The number of fused-ring (bicyclic) bond motifs is 1. The van der Waals surface area contributed by atoms with Gasteiger partial charge in [0.15, 0.2) is 11.5 Å². The monoisotopic (exact) mass is 326 g/mol. The summed E-state index contributed by atoms with van der Waals surface area (Å²) >= 11 is 0. The lowest BCUT2D eigenvalue weighted by atomic mass is 10.3. The van der Waals surface area contributed by atoms with Crippen molar-refractivity contribution >= 4 is 16.7 Å². The molecule has 0 aromatic heterocycles. The fraction of sp³-hybridized carbons (Fsp3) is 0.533. The van der Waals surface area contributed by atoms with Crippen molar-refractivity contribution in [3.8, 4) is 11.5 Å². The van der Waals surface area contributed by atoms with Crippen molar-refractivity contribution in [2.24, 2.45) is 0 Å². The molecule has 1 aliphatic heterocycles. The third kappa shape index (κ3) is 4.99. The van der Waals surface area contributed by atoms with Crippen molar-refractivity contribution in [2.45, 2.75) is 18.2 Å². The Bertz CT molecular complexity index is 536. The van der Waals surface area contributed by atoms with Gasteiger partial charge in [0.1, 0.15) is 13.2 Å². The van der Waals surface area contributed by atoms with Crippen LogP contribution >= 0.6 is 0 Å². The van der Waals surface area contributed by atoms with Crippen molar-refractivity contribution in [1.29, 1.82) is 0 Å². The summed E-state index contributed by atoms with van der Waals surface area (Å²) in [6, 6.07) is 5.25. The lowest BCUT2D eigenvalue weighted by Crippen LogP contribution is -2.32. The third-order valence-corrected chi connectivity index (χ3v) is 4.52. The number of amides is 1. The predicted molar refractivity (Wildman–Crippen MR) is 84.9 cm³/mol. The number of carbonyl (C=O) groups is 1. The number of rotatable bonds is 8. The van der Waals surface area contributed by atoms with Gasteiger partial charge in [-0.05, 0) is 18.7 Å². The summed E-state index contributed by atoms with van der Waals surface area (Å²) < 4.78 is 23.1. The summed E-state index contributed by atoms with van der Waals surface area (Å²) in [7, 11) is -1.22. The van der Waals surface area contributed by atoms with Gasteiger partial charge in [-0.2, -0.15) is 0 Å². The molecule has 2 rings (SSSR count). The normalized spacial score (nSPS) is 14.4. The summed E-state index contributed by atoms with van der Waals surface area (Å²) in [6.07, 6.45) is 0.243. The minimum Gasteiger partial charge on any atom is -0.486 e. The first-order valence-electron chi connectivity index (χ1n) is 7.46. The van der Waals surface area contributed by atoms with Crippen molar-refractivity contribution in [1.82, 2.24) is 10.6 Å². The molecule has 1 unspecified atom stereocenters. The van der Waals surface area contributed by atoms with E-state index in [1.807, 2.05) is 6.92 Å². The molecule has 0 fully saturated rings. The van der Waals surface area contributed by atoms with E-state index in [4.69, 9.17) is 9.47 Å². The zero-order chi connectivity index (χ0) is 15.8. The van der Waals surface area contributed by atoms with Gasteiger partial charge in [-0.25, -0.2) is 0 Å². The third-order valence-electron chi connectivity index (χ3n) is 3.16. The maximum Gasteiger partial charge on any atom is 0.220 e. The van der Waals surface area contributed by atoms with Gasteiger partial charge in [-0.1, -0.05) is 6.92 Å². The lowest BCUT2D eigenvalue weighted by molar-refractivity contribution is -0.120. The molecule has 0 saturated carbocycles. The molecule has 22 heavy (non-hydrogen) atoms. The Hall–Kier alpha value is -1.60. The Balaban J connectivity index is 1.78. The van der Waals surface area contributed by atoms with Gasteiger partial charge in [0.25, 0.3) is 0 Å². The van der Waals surface area contributed by atoms with E-state index in [0.717, 1.165) is 13.1 Å². The first-order valence-corrected chi connectivity index (χ1v) is 8.78. The van der Waals surface area contributed by atoms with E-state index in [-0.39, 0.29) is 12.3 Å².